The van der Waals surface area contributed by atoms with Crippen LogP contribution in [-0.2, 0) is 11.3 Å². The largest absolute Gasteiger partial charge is 0.347 e. The molecule has 1 saturated heterocycles. The SMILES string of the molecule is CCn1ccnc1N1CCNCC1C(=O)N(C)C. The van der Waals surface area contributed by atoms with Gasteiger partial charge in [-0.15, -0.1) is 0 Å². The minimum Gasteiger partial charge on any atom is -0.347 e. The molecule has 2 rings (SSSR count). The summed E-state index contributed by atoms with van der Waals surface area (Å²) in [6.07, 6.45) is 3.74. The zero-order valence-corrected chi connectivity index (χ0v) is 11.3. The van der Waals surface area contributed by atoms with Crippen LogP contribution in [0, 0.1) is 0 Å². The summed E-state index contributed by atoms with van der Waals surface area (Å²) in [7, 11) is 3.59. The van der Waals surface area contributed by atoms with Crippen LogP contribution in [0.5, 0.6) is 0 Å². The van der Waals surface area contributed by atoms with E-state index in [4.69, 9.17) is 0 Å². The van der Waals surface area contributed by atoms with Crippen molar-refractivity contribution in [1.29, 1.82) is 0 Å². The maximum atomic E-state index is 12.2. The second-order valence-corrected chi connectivity index (χ2v) is 4.66. The van der Waals surface area contributed by atoms with Gasteiger partial charge in [0, 0.05) is 52.7 Å². The van der Waals surface area contributed by atoms with Crippen LogP contribution in [0.4, 0.5) is 5.95 Å². The van der Waals surface area contributed by atoms with Crippen LogP contribution in [0.3, 0.4) is 0 Å². The van der Waals surface area contributed by atoms with E-state index in [-0.39, 0.29) is 11.9 Å². The molecule has 1 amide bonds. The van der Waals surface area contributed by atoms with E-state index < -0.39 is 0 Å². The van der Waals surface area contributed by atoms with E-state index in [0.717, 1.165) is 25.6 Å². The number of piperazine rings is 1. The summed E-state index contributed by atoms with van der Waals surface area (Å²) in [5.41, 5.74) is 0. The van der Waals surface area contributed by atoms with Gasteiger partial charge in [-0.1, -0.05) is 0 Å². The van der Waals surface area contributed by atoms with Crippen molar-refractivity contribution in [2.45, 2.75) is 19.5 Å². The van der Waals surface area contributed by atoms with Crippen molar-refractivity contribution < 1.29 is 4.79 Å². The van der Waals surface area contributed by atoms with Crippen molar-refractivity contribution in [3.8, 4) is 0 Å². The Labute approximate surface area is 108 Å². The maximum Gasteiger partial charge on any atom is 0.246 e. The van der Waals surface area contributed by atoms with Crippen molar-refractivity contribution >= 4 is 11.9 Å². The molecule has 0 aromatic carbocycles. The number of nitrogens with zero attached hydrogens (tertiary/aromatic N) is 4. The van der Waals surface area contributed by atoms with E-state index in [9.17, 15) is 4.79 Å². The number of carbonyl (C=O) groups excluding carboxylic acids is 1. The molecule has 0 saturated carbocycles. The molecule has 1 atom stereocenters. The monoisotopic (exact) mass is 251 g/mol. The Morgan fingerprint density at radius 2 is 2.39 bits per heavy atom. The first-order valence-electron chi connectivity index (χ1n) is 6.34. The molecule has 1 aromatic rings. The van der Waals surface area contributed by atoms with Crippen LogP contribution >= 0.6 is 0 Å². The quantitative estimate of drug-likeness (QED) is 0.806. The summed E-state index contributed by atoms with van der Waals surface area (Å²) >= 11 is 0. The van der Waals surface area contributed by atoms with Crippen LogP contribution in [-0.4, -0.2) is 60.1 Å². The molecular weight excluding hydrogens is 230 g/mol. The number of nitrogens with one attached hydrogen (secondary N) is 1. The van der Waals surface area contributed by atoms with Gasteiger partial charge in [0.05, 0.1) is 0 Å². The normalized spacial score (nSPS) is 19.9. The zero-order chi connectivity index (χ0) is 13.1. The minimum atomic E-state index is -0.165. The van der Waals surface area contributed by atoms with Gasteiger partial charge in [-0.3, -0.25) is 4.79 Å². The lowest BCUT2D eigenvalue weighted by molar-refractivity contribution is -0.130. The second-order valence-electron chi connectivity index (χ2n) is 4.66. The standard InChI is InChI=1S/C12H21N5O/c1-4-16-7-6-14-12(16)17-8-5-13-9-10(17)11(18)15(2)3/h6-7,10,13H,4-5,8-9H2,1-3H3. The van der Waals surface area contributed by atoms with Crippen molar-refractivity contribution in [3.05, 3.63) is 12.4 Å². The van der Waals surface area contributed by atoms with E-state index in [1.54, 1.807) is 25.2 Å². The van der Waals surface area contributed by atoms with Gasteiger partial charge in [-0.05, 0) is 6.92 Å². The van der Waals surface area contributed by atoms with Gasteiger partial charge in [-0.25, -0.2) is 4.98 Å². The highest BCUT2D eigenvalue weighted by molar-refractivity contribution is 5.85. The minimum absolute atomic E-state index is 0.118. The number of aryl methyl sites for hydroxylation is 1. The fraction of sp³-hybridized carbons (Fsp3) is 0.667. The van der Waals surface area contributed by atoms with E-state index in [1.165, 1.54) is 0 Å². The number of imidazole rings is 1. The average Bonchev–Trinajstić information content (AvgIpc) is 2.85. The summed E-state index contributed by atoms with van der Waals surface area (Å²) in [4.78, 5) is 20.3. The van der Waals surface area contributed by atoms with Gasteiger partial charge < -0.3 is 19.7 Å². The summed E-state index contributed by atoms with van der Waals surface area (Å²) in [5.74, 6) is 1.01. The predicted octanol–water partition coefficient (Wildman–Crippen LogP) is -0.231. The molecule has 0 aliphatic carbocycles. The number of carbonyl (C=O) groups is 1. The van der Waals surface area contributed by atoms with E-state index in [0.29, 0.717) is 6.54 Å². The Morgan fingerprint density at radius 1 is 1.61 bits per heavy atom. The molecule has 0 bridgehead atoms. The van der Waals surface area contributed by atoms with Gasteiger partial charge in [-0.2, -0.15) is 0 Å². The lowest BCUT2D eigenvalue weighted by Crippen LogP contribution is -2.58. The molecule has 1 N–H and O–H groups in total. The van der Waals surface area contributed by atoms with Crippen molar-refractivity contribution in [3.63, 3.8) is 0 Å². The number of hydrogen-bond donors (Lipinski definition) is 1. The Balaban J connectivity index is 2.25. The zero-order valence-electron chi connectivity index (χ0n) is 11.3. The smallest absolute Gasteiger partial charge is 0.246 e. The van der Waals surface area contributed by atoms with Crippen molar-refractivity contribution in [1.82, 2.24) is 19.8 Å². The first-order chi connectivity index (χ1) is 8.65. The average molecular weight is 251 g/mol. The lowest BCUT2D eigenvalue weighted by atomic mass is 10.2. The second kappa shape index (κ2) is 5.39. The highest BCUT2D eigenvalue weighted by atomic mass is 16.2. The Morgan fingerprint density at radius 3 is 3.06 bits per heavy atom. The number of rotatable bonds is 3. The molecule has 0 spiro atoms. The predicted molar refractivity (Wildman–Crippen MR) is 70.6 cm³/mol. The third-order valence-electron chi connectivity index (χ3n) is 3.26. The highest BCUT2D eigenvalue weighted by Gasteiger charge is 2.31. The van der Waals surface area contributed by atoms with E-state index >= 15 is 0 Å². The topological polar surface area (TPSA) is 53.4 Å². The molecule has 0 radical (unpaired) electrons. The summed E-state index contributed by atoms with van der Waals surface area (Å²) in [6, 6.07) is -0.165. The van der Waals surface area contributed by atoms with Crippen LogP contribution in [0.1, 0.15) is 6.92 Å². The number of aromatic nitrogens is 2. The first-order valence-corrected chi connectivity index (χ1v) is 6.34. The van der Waals surface area contributed by atoms with Gasteiger partial charge >= 0.3 is 0 Å². The molecule has 100 valence electrons. The molecule has 1 aliphatic rings. The third-order valence-corrected chi connectivity index (χ3v) is 3.26. The summed E-state index contributed by atoms with van der Waals surface area (Å²) < 4.78 is 2.07. The van der Waals surface area contributed by atoms with Crippen LogP contribution < -0.4 is 10.2 Å². The molecule has 1 unspecified atom stereocenters. The fourth-order valence-corrected chi connectivity index (χ4v) is 2.27. The molecule has 1 fully saturated rings. The maximum absolute atomic E-state index is 12.2. The molecule has 18 heavy (non-hydrogen) atoms. The lowest BCUT2D eigenvalue weighted by Gasteiger charge is -2.37. The van der Waals surface area contributed by atoms with Crippen LogP contribution in [0.2, 0.25) is 0 Å². The molecule has 6 nitrogen and oxygen atoms in total. The van der Waals surface area contributed by atoms with Crippen molar-refractivity contribution in [2.24, 2.45) is 0 Å². The third kappa shape index (κ3) is 2.33. The molecule has 1 aromatic heterocycles. The van der Waals surface area contributed by atoms with Gasteiger partial charge in [0.1, 0.15) is 6.04 Å². The first kappa shape index (κ1) is 12.9. The number of amides is 1. The summed E-state index contributed by atoms with van der Waals surface area (Å²) in [6.45, 7) is 5.31. The molecule has 2 heterocycles. The van der Waals surface area contributed by atoms with Gasteiger partial charge in [0.15, 0.2) is 0 Å². The van der Waals surface area contributed by atoms with Crippen LogP contribution in [0.25, 0.3) is 0 Å². The molecule has 6 heteroatoms. The van der Waals surface area contributed by atoms with Crippen molar-refractivity contribution in [2.75, 3.05) is 38.6 Å². The van der Waals surface area contributed by atoms with E-state index in [1.807, 2.05) is 6.20 Å². The summed E-state index contributed by atoms with van der Waals surface area (Å²) in [5, 5.41) is 3.27. The number of anilines is 1. The fourth-order valence-electron chi connectivity index (χ4n) is 2.27. The Bertz CT molecular complexity index is 414. The van der Waals surface area contributed by atoms with E-state index in [2.05, 4.69) is 26.7 Å². The van der Waals surface area contributed by atoms with Gasteiger partial charge in [0.25, 0.3) is 0 Å². The highest BCUT2D eigenvalue weighted by Crippen LogP contribution is 2.17. The Kier molecular flexibility index (Phi) is 3.86. The Hall–Kier alpha value is -1.56. The molecular formula is C12H21N5O. The van der Waals surface area contributed by atoms with Crippen LogP contribution in [0.15, 0.2) is 12.4 Å². The molecule has 1 aliphatic heterocycles. The van der Waals surface area contributed by atoms with Gasteiger partial charge in [0.2, 0.25) is 11.9 Å². The number of hydrogen-bond acceptors (Lipinski definition) is 4. The number of likely N-dealkylation sites (N-methyl/N-ethyl adjacent to an activating group) is 1.